The molecule has 0 fully saturated rings. The van der Waals surface area contributed by atoms with E-state index in [1.807, 2.05) is 0 Å². The van der Waals surface area contributed by atoms with Gasteiger partial charge in [-0.2, -0.15) is 0 Å². The average Bonchev–Trinajstić information content (AvgIpc) is 3.28. The van der Waals surface area contributed by atoms with Gasteiger partial charge < -0.3 is 9.84 Å². The van der Waals surface area contributed by atoms with E-state index in [0.29, 0.717) is 33.8 Å². The summed E-state index contributed by atoms with van der Waals surface area (Å²) in [6.45, 7) is 4.55. The van der Waals surface area contributed by atoms with Crippen LogP contribution in [0.15, 0.2) is 40.8 Å². The highest BCUT2D eigenvalue weighted by Gasteiger charge is 2.22. The molecule has 0 aromatic carbocycles. The van der Waals surface area contributed by atoms with Gasteiger partial charge in [0.25, 0.3) is 5.56 Å². The van der Waals surface area contributed by atoms with Crippen molar-refractivity contribution in [3.8, 4) is 22.8 Å². The molecule has 4 aromatic rings. The summed E-state index contributed by atoms with van der Waals surface area (Å²) in [5.74, 6) is -1.68. The molecule has 0 saturated carbocycles. The molecule has 0 amide bonds. The number of nitrogens with zero attached hydrogens (tertiary/aromatic N) is 4. The molecule has 7 nitrogen and oxygen atoms in total. The third kappa shape index (κ3) is 5.20. The van der Waals surface area contributed by atoms with Crippen molar-refractivity contribution in [2.45, 2.75) is 33.0 Å². The zero-order valence-electron chi connectivity index (χ0n) is 18.6. The first-order valence-electron chi connectivity index (χ1n) is 10.1. The molecule has 35 heavy (non-hydrogen) atoms. The fourth-order valence-electron chi connectivity index (χ4n) is 3.19. The lowest BCUT2D eigenvalue weighted by molar-refractivity contribution is 0.0783. The number of aliphatic hydroxyl groups is 1. The van der Waals surface area contributed by atoms with Crippen molar-refractivity contribution in [2.24, 2.45) is 0 Å². The number of aromatic nitrogens is 4. The van der Waals surface area contributed by atoms with Crippen molar-refractivity contribution in [3.63, 3.8) is 0 Å². The Morgan fingerprint density at radius 2 is 1.89 bits per heavy atom. The van der Waals surface area contributed by atoms with Gasteiger partial charge in [0.1, 0.15) is 45.2 Å². The van der Waals surface area contributed by atoms with E-state index in [1.54, 1.807) is 32.2 Å². The van der Waals surface area contributed by atoms with Crippen molar-refractivity contribution in [2.75, 3.05) is 0 Å². The second kappa shape index (κ2) is 9.62. The third-order valence-electron chi connectivity index (χ3n) is 4.91. The Balaban J connectivity index is 1.70. The number of hydrogen-bond acceptors (Lipinski definition) is 7. The maximum atomic E-state index is 13.9. The number of hydrogen-bond donors (Lipinski definition) is 1. The Hall–Kier alpha value is -2.92. The van der Waals surface area contributed by atoms with E-state index >= 15 is 0 Å². The number of ether oxygens (including phenoxy) is 1. The van der Waals surface area contributed by atoms with Gasteiger partial charge in [0.15, 0.2) is 5.82 Å². The van der Waals surface area contributed by atoms with Crippen LogP contribution in [-0.4, -0.2) is 24.6 Å². The molecule has 0 bridgehead atoms. The first kappa shape index (κ1) is 25.2. The van der Waals surface area contributed by atoms with Crippen LogP contribution in [0.1, 0.15) is 30.2 Å². The zero-order valence-corrected chi connectivity index (χ0v) is 21.0. The molecule has 0 atom stereocenters. The summed E-state index contributed by atoms with van der Waals surface area (Å²) < 4.78 is 33.7. The highest BCUT2D eigenvalue weighted by atomic mass is 35.5. The van der Waals surface area contributed by atoms with Gasteiger partial charge in [-0.3, -0.25) is 19.3 Å². The number of thiazole rings is 1. The summed E-state index contributed by atoms with van der Waals surface area (Å²) in [6, 6.07) is 3.78. The SMILES string of the molecule is Cc1cc(OCc2ncc(F)cc2F)c(Cl)c(=O)n1-c1cc(-c2csc(C(C)(C)O)n2)ncc1Cl. The van der Waals surface area contributed by atoms with Gasteiger partial charge in [0, 0.05) is 29.4 Å². The van der Waals surface area contributed by atoms with Gasteiger partial charge in [-0.1, -0.05) is 23.2 Å². The Morgan fingerprint density at radius 3 is 2.54 bits per heavy atom. The van der Waals surface area contributed by atoms with Crippen molar-refractivity contribution >= 4 is 34.5 Å². The van der Waals surface area contributed by atoms with E-state index in [9.17, 15) is 18.7 Å². The van der Waals surface area contributed by atoms with Gasteiger partial charge in [-0.05, 0) is 26.8 Å². The van der Waals surface area contributed by atoms with Crippen LogP contribution >= 0.6 is 34.5 Å². The minimum atomic E-state index is -1.11. The first-order chi connectivity index (χ1) is 16.5. The fourth-order valence-corrected chi connectivity index (χ4v) is 4.41. The van der Waals surface area contributed by atoms with Crippen LogP contribution in [0.4, 0.5) is 8.78 Å². The van der Waals surface area contributed by atoms with Crippen LogP contribution < -0.4 is 10.3 Å². The summed E-state index contributed by atoms with van der Waals surface area (Å²) in [4.78, 5) is 25.5. The number of rotatable bonds is 6. The predicted octanol–water partition coefficient (Wildman–Crippen LogP) is 5.45. The summed E-state index contributed by atoms with van der Waals surface area (Å²) in [5.41, 5.74) is -0.175. The lowest BCUT2D eigenvalue weighted by Gasteiger charge is -2.16. The Labute approximate surface area is 212 Å². The van der Waals surface area contributed by atoms with Crippen molar-refractivity contribution in [3.05, 3.63) is 84.4 Å². The number of aryl methyl sites for hydroxylation is 1. The van der Waals surface area contributed by atoms with Gasteiger partial charge in [0.05, 0.1) is 22.6 Å². The van der Waals surface area contributed by atoms with Crippen LogP contribution in [0.25, 0.3) is 17.1 Å². The molecule has 12 heteroatoms. The maximum Gasteiger partial charge on any atom is 0.277 e. The average molecular weight is 539 g/mol. The second-order valence-electron chi connectivity index (χ2n) is 8.09. The van der Waals surface area contributed by atoms with Crippen molar-refractivity contribution in [1.29, 1.82) is 0 Å². The first-order valence-corrected chi connectivity index (χ1v) is 11.8. The lowest BCUT2D eigenvalue weighted by Crippen LogP contribution is -2.22. The minimum Gasteiger partial charge on any atom is -0.485 e. The van der Waals surface area contributed by atoms with E-state index < -0.39 is 22.8 Å². The number of halogens is 4. The quantitative estimate of drug-likeness (QED) is 0.351. The lowest BCUT2D eigenvalue weighted by atomic mass is 10.1. The van der Waals surface area contributed by atoms with Crippen LogP contribution in [0.2, 0.25) is 10.0 Å². The summed E-state index contributed by atoms with van der Waals surface area (Å²) in [5, 5.41) is 12.4. The summed E-state index contributed by atoms with van der Waals surface area (Å²) in [6.07, 6.45) is 2.25. The molecule has 0 unspecified atom stereocenters. The maximum absolute atomic E-state index is 13.9. The smallest absolute Gasteiger partial charge is 0.277 e. The Kier molecular flexibility index (Phi) is 6.92. The molecule has 0 aliphatic rings. The van der Waals surface area contributed by atoms with Crippen LogP contribution in [0.3, 0.4) is 0 Å². The molecule has 0 saturated heterocycles. The normalized spacial score (nSPS) is 11.7. The summed E-state index contributed by atoms with van der Waals surface area (Å²) >= 11 is 13.9. The summed E-state index contributed by atoms with van der Waals surface area (Å²) in [7, 11) is 0. The molecule has 0 aliphatic carbocycles. The van der Waals surface area contributed by atoms with E-state index in [0.717, 1.165) is 6.20 Å². The van der Waals surface area contributed by atoms with Gasteiger partial charge >= 0.3 is 0 Å². The van der Waals surface area contributed by atoms with Crippen LogP contribution in [0, 0.1) is 18.6 Å². The standard InChI is InChI=1S/C23H18Cl2F2N4O3S/c1-11-4-19(34-9-16-14(27)5-12(26)7-28-16)20(25)21(32)31(11)18-6-15(29-8-13(18)24)17-10-35-22(30-17)23(2,3)33/h4-8,10,33H,9H2,1-3H3. The molecule has 4 rings (SSSR count). The Morgan fingerprint density at radius 1 is 1.14 bits per heavy atom. The molecule has 0 radical (unpaired) electrons. The van der Waals surface area contributed by atoms with Crippen LogP contribution in [0.5, 0.6) is 5.75 Å². The highest BCUT2D eigenvalue weighted by molar-refractivity contribution is 7.10. The van der Waals surface area contributed by atoms with E-state index in [-0.39, 0.29) is 28.1 Å². The molecular formula is C23H18Cl2F2N4O3S. The molecule has 4 heterocycles. The number of pyridine rings is 3. The van der Waals surface area contributed by atoms with Crippen LogP contribution in [-0.2, 0) is 12.2 Å². The van der Waals surface area contributed by atoms with E-state index in [1.165, 1.54) is 28.2 Å². The van der Waals surface area contributed by atoms with Gasteiger partial charge in [0.2, 0.25) is 0 Å². The zero-order chi connectivity index (χ0) is 25.5. The van der Waals surface area contributed by atoms with Gasteiger partial charge in [-0.15, -0.1) is 11.3 Å². The molecule has 4 aromatic heterocycles. The van der Waals surface area contributed by atoms with E-state index in [2.05, 4.69) is 15.0 Å². The third-order valence-corrected chi connectivity index (χ3v) is 6.71. The largest absolute Gasteiger partial charge is 0.485 e. The molecule has 0 spiro atoms. The monoisotopic (exact) mass is 538 g/mol. The van der Waals surface area contributed by atoms with Crippen molar-refractivity contribution < 1.29 is 18.6 Å². The van der Waals surface area contributed by atoms with Crippen molar-refractivity contribution in [1.82, 2.24) is 19.5 Å². The molecular weight excluding hydrogens is 521 g/mol. The van der Waals surface area contributed by atoms with E-state index in [4.69, 9.17) is 27.9 Å². The molecule has 0 aliphatic heterocycles. The molecule has 1 N–H and O–H groups in total. The topological polar surface area (TPSA) is 90.1 Å². The fraction of sp³-hybridized carbons (Fsp3) is 0.217. The highest BCUT2D eigenvalue weighted by Crippen LogP contribution is 2.31. The second-order valence-corrected chi connectivity index (χ2v) is 9.74. The molecule has 182 valence electrons. The minimum absolute atomic E-state index is 0.00987. The Bertz CT molecular complexity index is 1480. The predicted molar refractivity (Wildman–Crippen MR) is 129 cm³/mol. The van der Waals surface area contributed by atoms with Gasteiger partial charge in [-0.25, -0.2) is 13.8 Å².